The normalized spacial score (nSPS) is 17.5. The highest BCUT2D eigenvalue weighted by atomic mass is 32.1. The van der Waals surface area contributed by atoms with Crippen molar-refractivity contribution in [3.63, 3.8) is 0 Å². The Kier molecular flexibility index (Phi) is 3.93. The van der Waals surface area contributed by atoms with Crippen molar-refractivity contribution >= 4 is 28.7 Å². The summed E-state index contributed by atoms with van der Waals surface area (Å²) in [6.45, 7) is 1.31. The van der Waals surface area contributed by atoms with Gasteiger partial charge in [-0.05, 0) is 41.0 Å². The third-order valence-corrected chi connectivity index (χ3v) is 4.95. The fourth-order valence-electron chi connectivity index (χ4n) is 3.14. The van der Waals surface area contributed by atoms with Gasteiger partial charge in [0.05, 0.1) is 17.6 Å². The van der Waals surface area contributed by atoms with Crippen molar-refractivity contribution in [3.05, 3.63) is 29.6 Å². The summed E-state index contributed by atoms with van der Waals surface area (Å²) < 4.78 is 10.2. The first-order chi connectivity index (χ1) is 11.7. The van der Waals surface area contributed by atoms with Crippen LogP contribution in [0, 0.1) is 0 Å². The maximum atomic E-state index is 12.9. The summed E-state index contributed by atoms with van der Waals surface area (Å²) in [7, 11) is 1.82. The van der Waals surface area contributed by atoms with Crippen LogP contribution < -0.4 is 0 Å². The van der Waals surface area contributed by atoms with Crippen molar-refractivity contribution in [2.45, 2.75) is 38.3 Å². The number of amides is 1. The number of likely N-dealkylation sites (N-methyl/N-ethyl adjacent to an activating group) is 1. The molecule has 3 heterocycles. The lowest BCUT2D eigenvalue weighted by molar-refractivity contribution is -0.132. The highest BCUT2D eigenvalue weighted by Gasteiger charge is 2.30. The molecule has 0 fully saturated rings. The van der Waals surface area contributed by atoms with E-state index < -0.39 is 0 Å². The molecule has 0 bridgehead atoms. The lowest BCUT2D eigenvalue weighted by atomic mass is 10.0. The van der Waals surface area contributed by atoms with E-state index in [0.29, 0.717) is 12.4 Å². The van der Waals surface area contributed by atoms with Crippen LogP contribution in [-0.4, -0.2) is 46.8 Å². The Labute approximate surface area is 142 Å². The number of carbonyl (C=O) groups excluding carboxylic acids is 1. The molecule has 8 nitrogen and oxygen atoms in total. The van der Waals surface area contributed by atoms with Gasteiger partial charge in [0.25, 0.3) is 0 Å². The summed E-state index contributed by atoms with van der Waals surface area (Å²) in [5, 5.41) is 11.8. The van der Waals surface area contributed by atoms with E-state index in [2.05, 4.69) is 24.3 Å². The van der Waals surface area contributed by atoms with Crippen LogP contribution in [0.5, 0.6) is 0 Å². The van der Waals surface area contributed by atoms with Gasteiger partial charge in [0, 0.05) is 20.1 Å². The minimum Gasteiger partial charge on any atom is -0.341 e. The van der Waals surface area contributed by atoms with E-state index in [1.807, 2.05) is 25.2 Å². The molecule has 1 atom stereocenters. The van der Waals surface area contributed by atoms with Crippen LogP contribution in [0.4, 0.5) is 0 Å². The van der Waals surface area contributed by atoms with Crippen molar-refractivity contribution in [1.82, 2.24) is 33.9 Å². The van der Waals surface area contributed by atoms with Gasteiger partial charge in [0.15, 0.2) is 5.82 Å². The van der Waals surface area contributed by atoms with Crippen molar-refractivity contribution in [2.75, 3.05) is 7.05 Å². The molecule has 4 rings (SSSR count). The molecule has 0 aliphatic carbocycles. The highest BCUT2D eigenvalue weighted by molar-refractivity contribution is 7.00. The average Bonchev–Trinajstić information content (AvgIpc) is 3.19. The molecule has 0 unspecified atom stereocenters. The van der Waals surface area contributed by atoms with E-state index in [0.717, 1.165) is 42.4 Å². The summed E-state index contributed by atoms with van der Waals surface area (Å²) in [6.07, 6.45) is 2.78. The van der Waals surface area contributed by atoms with Gasteiger partial charge in [-0.25, -0.2) is 4.68 Å². The summed E-state index contributed by atoms with van der Waals surface area (Å²) in [4.78, 5) is 14.7. The molecule has 1 aliphatic heterocycles. The summed E-state index contributed by atoms with van der Waals surface area (Å²) in [5.74, 6) is 0.477. The second kappa shape index (κ2) is 6.23. The van der Waals surface area contributed by atoms with Crippen LogP contribution in [0.25, 0.3) is 11.0 Å². The number of nitrogens with zero attached hydrogens (tertiary/aromatic N) is 7. The van der Waals surface area contributed by atoms with Crippen LogP contribution >= 0.6 is 11.7 Å². The smallest absolute Gasteiger partial charge is 0.233 e. The van der Waals surface area contributed by atoms with Gasteiger partial charge in [0.1, 0.15) is 11.0 Å². The Morgan fingerprint density at radius 3 is 3.12 bits per heavy atom. The third kappa shape index (κ3) is 2.75. The molecule has 0 N–H and O–H groups in total. The maximum Gasteiger partial charge on any atom is 0.233 e. The highest BCUT2D eigenvalue weighted by Crippen LogP contribution is 2.26. The molecule has 2 aromatic heterocycles. The molecule has 1 aromatic carbocycles. The number of carbonyl (C=O) groups is 1. The number of rotatable bonds is 3. The summed E-state index contributed by atoms with van der Waals surface area (Å²) >= 11 is 1.20. The van der Waals surface area contributed by atoms with Gasteiger partial charge in [0.2, 0.25) is 5.91 Å². The van der Waals surface area contributed by atoms with Gasteiger partial charge >= 0.3 is 0 Å². The van der Waals surface area contributed by atoms with E-state index >= 15 is 0 Å². The van der Waals surface area contributed by atoms with Crippen LogP contribution in [0.3, 0.4) is 0 Å². The molecule has 0 saturated heterocycles. The molecule has 0 radical (unpaired) electrons. The zero-order chi connectivity index (χ0) is 16.5. The number of aromatic nitrogens is 6. The first-order valence-corrected chi connectivity index (χ1v) is 8.67. The molecule has 0 spiro atoms. The van der Waals surface area contributed by atoms with E-state index in [1.165, 1.54) is 11.7 Å². The number of fused-ring (bicyclic) bond motifs is 2. The SMILES string of the molecule is CN(Cc1ccc2nsnc2c1)C(=O)[C@@H]1CCCCn2nnnc21. The molecular formula is C15H17N7OS. The zero-order valence-electron chi connectivity index (χ0n) is 13.3. The van der Waals surface area contributed by atoms with Gasteiger partial charge < -0.3 is 4.90 Å². The Bertz CT molecular complexity index is 873. The van der Waals surface area contributed by atoms with Gasteiger partial charge in [-0.1, -0.05) is 12.5 Å². The Morgan fingerprint density at radius 1 is 1.33 bits per heavy atom. The van der Waals surface area contributed by atoms with E-state index in [4.69, 9.17) is 0 Å². The fourth-order valence-corrected chi connectivity index (χ4v) is 3.65. The molecule has 0 saturated carbocycles. The summed E-state index contributed by atoms with van der Waals surface area (Å²) in [5.41, 5.74) is 2.80. The molecular weight excluding hydrogens is 326 g/mol. The monoisotopic (exact) mass is 343 g/mol. The first kappa shape index (κ1) is 15.1. The second-order valence-electron chi connectivity index (χ2n) is 6.09. The molecule has 124 valence electrons. The van der Waals surface area contributed by atoms with E-state index in [-0.39, 0.29) is 11.8 Å². The van der Waals surface area contributed by atoms with Gasteiger partial charge in [-0.2, -0.15) is 8.75 Å². The lowest BCUT2D eigenvalue weighted by Crippen LogP contribution is -2.32. The Morgan fingerprint density at radius 2 is 2.21 bits per heavy atom. The molecule has 1 amide bonds. The Balaban J connectivity index is 1.53. The zero-order valence-corrected chi connectivity index (χ0v) is 14.1. The fraction of sp³-hybridized carbons (Fsp3) is 0.467. The predicted molar refractivity (Wildman–Crippen MR) is 88.3 cm³/mol. The third-order valence-electron chi connectivity index (χ3n) is 4.40. The standard InChI is InChI=1S/C15H17N7OS/c1-21(9-10-5-6-12-13(8-10)18-24-17-12)15(23)11-4-2-3-7-22-14(11)16-19-20-22/h5-6,8,11H,2-4,7,9H2,1H3/t11-/m1/s1. The van der Waals surface area contributed by atoms with Crippen LogP contribution in [0.15, 0.2) is 18.2 Å². The lowest BCUT2D eigenvalue weighted by Gasteiger charge is -2.22. The number of benzene rings is 1. The van der Waals surface area contributed by atoms with E-state index in [1.54, 1.807) is 9.58 Å². The van der Waals surface area contributed by atoms with Crippen LogP contribution in [0.2, 0.25) is 0 Å². The maximum absolute atomic E-state index is 12.9. The van der Waals surface area contributed by atoms with Crippen molar-refractivity contribution in [1.29, 1.82) is 0 Å². The van der Waals surface area contributed by atoms with Crippen molar-refractivity contribution < 1.29 is 4.79 Å². The molecule has 3 aromatic rings. The van der Waals surface area contributed by atoms with Crippen molar-refractivity contribution in [3.8, 4) is 0 Å². The Hall–Kier alpha value is -2.42. The minimum absolute atomic E-state index is 0.0597. The molecule has 1 aliphatic rings. The first-order valence-electron chi connectivity index (χ1n) is 7.94. The number of hydrogen-bond acceptors (Lipinski definition) is 7. The predicted octanol–water partition coefficient (Wildman–Crippen LogP) is 1.60. The number of hydrogen-bond donors (Lipinski definition) is 0. The molecule has 9 heteroatoms. The van der Waals surface area contributed by atoms with Crippen LogP contribution in [-0.2, 0) is 17.9 Å². The van der Waals surface area contributed by atoms with Crippen molar-refractivity contribution in [2.24, 2.45) is 0 Å². The number of aryl methyl sites for hydroxylation is 1. The summed E-state index contributed by atoms with van der Waals surface area (Å²) in [6, 6.07) is 5.92. The topological polar surface area (TPSA) is 89.7 Å². The minimum atomic E-state index is -0.267. The van der Waals surface area contributed by atoms with E-state index in [9.17, 15) is 4.79 Å². The second-order valence-corrected chi connectivity index (χ2v) is 6.62. The van der Waals surface area contributed by atoms with Gasteiger partial charge in [-0.15, -0.1) is 5.10 Å². The van der Waals surface area contributed by atoms with Crippen LogP contribution in [0.1, 0.15) is 36.6 Å². The molecule has 24 heavy (non-hydrogen) atoms. The quantitative estimate of drug-likeness (QED) is 0.717. The number of tetrazole rings is 1. The van der Waals surface area contributed by atoms with Gasteiger partial charge in [-0.3, -0.25) is 4.79 Å². The average molecular weight is 343 g/mol. The largest absolute Gasteiger partial charge is 0.341 e.